The van der Waals surface area contributed by atoms with Crippen molar-refractivity contribution in [2.24, 2.45) is 5.73 Å². The molecule has 24 heavy (non-hydrogen) atoms. The number of anilines is 1. The second-order valence-corrected chi connectivity index (χ2v) is 6.72. The van der Waals surface area contributed by atoms with E-state index in [4.69, 9.17) is 5.73 Å². The first-order chi connectivity index (χ1) is 11.4. The van der Waals surface area contributed by atoms with Crippen LogP contribution in [-0.2, 0) is 9.54 Å². The van der Waals surface area contributed by atoms with Crippen molar-refractivity contribution in [1.82, 2.24) is 0 Å². The number of nitrogens with zero attached hydrogens (tertiary/aromatic N) is 1. The van der Waals surface area contributed by atoms with Gasteiger partial charge in [0, 0.05) is 17.8 Å². The van der Waals surface area contributed by atoms with Crippen LogP contribution in [0.1, 0.15) is 11.1 Å². The molecule has 1 atom stereocenters. The Kier molecular flexibility index (Phi) is 4.21. The highest BCUT2D eigenvalue weighted by Crippen LogP contribution is 2.52. The number of halogens is 3. The summed E-state index contributed by atoms with van der Waals surface area (Å²) in [7, 11) is 0. The molecular formula is C17H15F3N2OS. The van der Waals surface area contributed by atoms with Gasteiger partial charge in [-0.15, -0.1) is 11.8 Å². The Morgan fingerprint density at radius 2 is 1.88 bits per heavy atom. The summed E-state index contributed by atoms with van der Waals surface area (Å²) in [6, 6.07) is 8.13. The Bertz CT molecular complexity index is 797. The maximum absolute atomic E-state index is 14.7. The van der Waals surface area contributed by atoms with Gasteiger partial charge < -0.3 is 10.6 Å². The van der Waals surface area contributed by atoms with Gasteiger partial charge >= 0.3 is 0 Å². The first-order valence-corrected chi connectivity index (χ1v) is 8.44. The topological polar surface area (TPSA) is 46.3 Å². The van der Waals surface area contributed by atoms with Gasteiger partial charge in [0.25, 0.3) is 0 Å². The van der Waals surface area contributed by atoms with Crippen LogP contribution in [0.5, 0.6) is 0 Å². The average molecular weight is 352 g/mol. The number of carbonyl (C=O) groups is 1. The van der Waals surface area contributed by atoms with E-state index in [-0.39, 0.29) is 18.7 Å². The molecular weight excluding hydrogens is 337 g/mol. The summed E-state index contributed by atoms with van der Waals surface area (Å²) in [4.78, 5) is 13.0. The Balaban J connectivity index is 2.23. The number of hydrogen-bond donors (Lipinski definition) is 1. The molecule has 0 unspecified atom stereocenters. The van der Waals surface area contributed by atoms with Crippen LogP contribution in [-0.4, -0.2) is 25.3 Å². The highest BCUT2D eigenvalue weighted by molar-refractivity contribution is 7.99. The summed E-state index contributed by atoms with van der Waals surface area (Å²) in [5.41, 5.74) is 6.49. The molecule has 0 fully saturated rings. The highest BCUT2D eigenvalue weighted by Gasteiger charge is 2.47. The minimum absolute atomic E-state index is 0.110. The maximum atomic E-state index is 14.7. The lowest BCUT2D eigenvalue weighted by molar-refractivity contribution is -0.116. The van der Waals surface area contributed by atoms with Crippen molar-refractivity contribution in [3.63, 3.8) is 0 Å². The largest absolute Gasteiger partial charge is 0.368 e. The zero-order valence-corrected chi connectivity index (χ0v) is 13.7. The number of thioether (sulfide) groups is 1. The van der Waals surface area contributed by atoms with E-state index in [0.29, 0.717) is 11.3 Å². The Morgan fingerprint density at radius 1 is 1.21 bits per heavy atom. The van der Waals surface area contributed by atoms with Gasteiger partial charge in [0.2, 0.25) is 5.91 Å². The summed E-state index contributed by atoms with van der Waals surface area (Å²) >= 11 is 1.31. The zero-order valence-electron chi connectivity index (χ0n) is 12.9. The number of nitrogens with two attached hydrogens (primary N) is 1. The van der Waals surface area contributed by atoms with E-state index in [1.54, 1.807) is 23.3 Å². The fourth-order valence-electron chi connectivity index (χ4n) is 3.19. The second kappa shape index (κ2) is 6.05. The summed E-state index contributed by atoms with van der Waals surface area (Å²) in [6.45, 7) is 0.125. The number of rotatable bonds is 4. The van der Waals surface area contributed by atoms with Crippen molar-refractivity contribution in [3.05, 3.63) is 65.0 Å². The lowest BCUT2D eigenvalue weighted by Crippen LogP contribution is -2.37. The van der Waals surface area contributed by atoms with Crippen LogP contribution in [0.3, 0.4) is 0 Å². The van der Waals surface area contributed by atoms with E-state index in [9.17, 15) is 18.0 Å². The van der Waals surface area contributed by atoms with Gasteiger partial charge in [-0.1, -0.05) is 12.1 Å². The van der Waals surface area contributed by atoms with E-state index in [1.165, 1.54) is 30.0 Å². The van der Waals surface area contributed by atoms with E-state index in [0.717, 1.165) is 6.07 Å². The lowest BCUT2D eigenvalue weighted by atomic mass is 9.91. The fraction of sp³-hybridized carbons (Fsp3) is 0.235. The van der Waals surface area contributed by atoms with Crippen LogP contribution in [0, 0.1) is 17.5 Å². The van der Waals surface area contributed by atoms with Crippen molar-refractivity contribution in [2.45, 2.75) is 4.75 Å². The zero-order chi connectivity index (χ0) is 17.5. The quantitative estimate of drug-likeness (QED) is 0.920. The molecule has 126 valence electrons. The summed E-state index contributed by atoms with van der Waals surface area (Å²) in [6.07, 6.45) is 1.77. The number of fused-ring (bicyclic) bond motifs is 1. The molecule has 2 aromatic rings. The third kappa shape index (κ3) is 2.53. The third-order valence-corrected chi connectivity index (χ3v) is 5.50. The predicted molar refractivity (Wildman–Crippen MR) is 88.5 cm³/mol. The highest BCUT2D eigenvalue weighted by atomic mass is 32.2. The van der Waals surface area contributed by atoms with Gasteiger partial charge in [-0.2, -0.15) is 0 Å². The minimum atomic E-state index is -0.963. The Hall–Kier alpha value is -2.15. The summed E-state index contributed by atoms with van der Waals surface area (Å²) < 4.78 is 40.8. The van der Waals surface area contributed by atoms with E-state index in [1.807, 2.05) is 0 Å². The summed E-state index contributed by atoms with van der Waals surface area (Å²) in [5.74, 6) is -2.91. The van der Waals surface area contributed by atoms with Crippen LogP contribution in [0.2, 0.25) is 0 Å². The smallest absolute Gasteiger partial charge is 0.236 e. The predicted octanol–water partition coefficient (Wildman–Crippen LogP) is 3.02. The van der Waals surface area contributed by atoms with Gasteiger partial charge in [0.15, 0.2) is 11.6 Å². The normalized spacial score (nSPS) is 19.4. The molecule has 0 radical (unpaired) electrons. The van der Waals surface area contributed by atoms with Crippen molar-refractivity contribution >= 4 is 23.4 Å². The Labute approximate surface area is 141 Å². The van der Waals surface area contributed by atoms with Crippen LogP contribution < -0.4 is 10.6 Å². The molecule has 0 aliphatic carbocycles. The number of carbonyl (C=O) groups excluding carboxylic acids is 1. The monoisotopic (exact) mass is 352 g/mol. The van der Waals surface area contributed by atoms with Gasteiger partial charge in [-0.3, -0.25) is 4.79 Å². The van der Waals surface area contributed by atoms with Crippen molar-refractivity contribution in [2.75, 3.05) is 24.2 Å². The summed E-state index contributed by atoms with van der Waals surface area (Å²) in [5, 5.41) is 0. The van der Waals surface area contributed by atoms with E-state index < -0.39 is 28.1 Å². The molecule has 3 nitrogen and oxygen atoms in total. The molecule has 3 rings (SSSR count). The maximum Gasteiger partial charge on any atom is 0.236 e. The Morgan fingerprint density at radius 3 is 2.46 bits per heavy atom. The van der Waals surface area contributed by atoms with Crippen molar-refractivity contribution in [1.29, 1.82) is 0 Å². The van der Waals surface area contributed by atoms with Crippen LogP contribution in [0.15, 0.2) is 36.4 Å². The molecule has 0 aromatic heterocycles. The van der Waals surface area contributed by atoms with E-state index >= 15 is 0 Å². The number of amides is 1. The SMILES string of the molecule is CS[C@]1(c2ccc(F)cc2)CN(CC(N)=O)c2ccc(F)c(F)c21. The van der Waals surface area contributed by atoms with Crippen molar-refractivity contribution < 1.29 is 18.0 Å². The molecule has 2 aromatic carbocycles. The molecule has 1 heterocycles. The fourth-order valence-corrected chi connectivity index (χ4v) is 4.24. The van der Waals surface area contributed by atoms with Crippen LogP contribution in [0.4, 0.5) is 18.9 Å². The van der Waals surface area contributed by atoms with Gasteiger partial charge in [0.1, 0.15) is 5.82 Å². The standard InChI is InChI=1S/C17H15F3N2OS/c1-24-17(10-2-4-11(18)5-3-10)9-22(8-14(21)23)13-7-6-12(19)16(20)15(13)17/h2-7H,8-9H2,1H3,(H2,21,23)/t17-/m0/s1. The molecule has 0 saturated heterocycles. The number of primary amides is 1. The second-order valence-electron chi connectivity index (χ2n) is 5.62. The van der Waals surface area contributed by atoms with Gasteiger partial charge in [-0.25, -0.2) is 13.2 Å². The molecule has 0 saturated carbocycles. The van der Waals surface area contributed by atoms with Gasteiger partial charge in [-0.05, 0) is 36.1 Å². The molecule has 1 amide bonds. The first-order valence-electron chi connectivity index (χ1n) is 7.22. The van der Waals surface area contributed by atoms with Gasteiger partial charge in [0.05, 0.1) is 11.3 Å². The number of hydrogen-bond acceptors (Lipinski definition) is 3. The van der Waals surface area contributed by atoms with E-state index in [2.05, 4.69) is 0 Å². The molecule has 0 bridgehead atoms. The number of benzene rings is 2. The molecule has 1 aliphatic heterocycles. The third-order valence-electron chi connectivity index (χ3n) is 4.24. The molecule has 2 N–H and O–H groups in total. The molecule has 7 heteroatoms. The molecule has 1 aliphatic rings. The average Bonchev–Trinajstić information content (AvgIpc) is 2.86. The molecule has 0 spiro atoms. The lowest BCUT2D eigenvalue weighted by Gasteiger charge is -2.29. The minimum Gasteiger partial charge on any atom is -0.368 e. The van der Waals surface area contributed by atoms with Crippen LogP contribution in [0.25, 0.3) is 0 Å². The van der Waals surface area contributed by atoms with Crippen molar-refractivity contribution in [3.8, 4) is 0 Å². The van der Waals surface area contributed by atoms with Crippen LogP contribution >= 0.6 is 11.8 Å². The first kappa shape index (κ1) is 16.7.